The first kappa shape index (κ1) is 20.4. The summed E-state index contributed by atoms with van der Waals surface area (Å²) in [5.41, 5.74) is 0.952. The highest BCUT2D eigenvalue weighted by atomic mass is 16.3. The van der Waals surface area contributed by atoms with Gasteiger partial charge in [0.2, 0.25) is 0 Å². The number of carbonyl (C=O) groups excluding carboxylic acids is 2. The van der Waals surface area contributed by atoms with E-state index in [1.165, 1.54) is 0 Å². The molecule has 2 amide bonds. The Bertz CT molecular complexity index is 1310. The molecule has 4 rings (SSSR count). The molecule has 31 heavy (non-hydrogen) atoms. The van der Waals surface area contributed by atoms with Crippen LogP contribution in [-0.4, -0.2) is 22.5 Å². The lowest BCUT2D eigenvalue weighted by Gasteiger charge is -2.20. The van der Waals surface area contributed by atoms with Crippen LogP contribution >= 0.6 is 0 Å². The minimum absolute atomic E-state index is 0.114. The van der Waals surface area contributed by atoms with Crippen LogP contribution in [0.4, 0.5) is 5.69 Å². The van der Waals surface area contributed by atoms with E-state index in [9.17, 15) is 14.7 Å². The highest BCUT2D eigenvalue weighted by Crippen LogP contribution is 2.29. The third-order valence-electron chi connectivity index (χ3n) is 4.99. The number of hydrogen-bond acceptors (Lipinski definition) is 3. The molecule has 0 bridgehead atoms. The molecule has 4 aromatic carbocycles. The van der Waals surface area contributed by atoms with Crippen molar-refractivity contribution < 1.29 is 14.7 Å². The SMILES string of the molecule is CC(C)(C)NC(=O)c1ccc2cc(O)c(C(=O)Nc3cccc4ccccc34)cc2c1. The molecule has 0 aliphatic rings. The van der Waals surface area contributed by atoms with Gasteiger partial charge >= 0.3 is 0 Å². The van der Waals surface area contributed by atoms with Gasteiger partial charge in [-0.15, -0.1) is 0 Å². The number of rotatable bonds is 3. The largest absolute Gasteiger partial charge is 0.507 e. The molecule has 0 radical (unpaired) electrons. The van der Waals surface area contributed by atoms with E-state index in [0.717, 1.165) is 16.2 Å². The molecule has 0 unspecified atom stereocenters. The van der Waals surface area contributed by atoms with Gasteiger partial charge in [-0.05, 0) is 67.3 Å². The molecule has 0 saturated heterocycles. The Hall–Kier alpha value is -3.86. The van der Waals surface area contributed by atoms with Crippen LogP contribution in [0, 0.1) is 0 Å². The molecular formula is C26H24N2O3. The quantitative estimate of drug-likeness (QED) is 0.417. The number of hydrogen-bond donors (Lipinski definition) is 3. The number of phenolic OH excluding ortho intramolecular Hbond substituents is 1. The summed E-state index contributed by atoms with van der Waals surface area (Å²) < 4.78 is 0. The zero-order chi connectivity index (χ0) is 22.2. The fourth-order valence-corrected chi connectivity index (χ4v) is 3.55. The number of phenols is 1. The summed E-state index contributed by atoms with van der Waals surface area (Å²) in [6.45, 7) is 5.75. The molecule has 3 N–H and O–H groups in total. The predicted molar refractivity (Wildman–Crippen MR) is 125 cm³/mol. The van der Waals surface area contributed by atoms with E-state index in [-0.39, 0.29) is 22.8 Å². The third-order valence-corrected chi connectivity index (χ3v) is 4.99. The Morgan fingerprint density at radius 2 is 1.52 bits per heavy atom. The van der Waals surface area contributed by atoms with E-state index < -0.39 is 5.91 Å². The Morgan fingerprint density at radius 1 is 0.774 bits per heavy atom. The lowest BCUT2D eigenvalue weighted by atomic mass is 10.0. The first-order chi connectivity index (χ1) is 14.7. The molecular weight excluding hydrogens is 388 g/mol. The molecule has 156 valence electrons. The monoisotopic (exact) mass is 412 g/mol. The Morgan fingerprint density at radius 3 is 2.29 bits per heavy atom. The first-order valence-electron chi connectivity index (χ1n) is 10.1. The minimum atomic E-state index is -0.416. The van der Waals surface area contributed by atoms with Gasteiger partial charge in [-0.3, -0.25) is 9.59 Å². The lowest BCUT2D eigenvalue weighted by molar-refractivity contribution is 0.0919. The van der Waals surface area contributed by atoms with E-state index in [1.807, 2.05) is 63.2 Å². The summed E-state index contributed by atoms with van der Waals surface area (Å²) in [5, 5.41) is 19.7. The zero-order valence-electron chi connectivity index (χ0n) is 17.7. The van der Waals surface area contributed by atoms with Crippen molar-refractivity contribution in [1.29, 1.82) is 0 Å². The number of benzene rings is 4. The maximum absolute atomic E-state index is 13.0. The molecule has 0 aliphatic heterocycles. The maximum Gasteiger partial charge on any atom is 0.259 e. The number of fused-ring (bicyclic) bond motifs is 2. The number of aromatic hydroxyl groups is 1. The van der Waals surface area contributed by atoms with Crippen molar-refractivity contribution in [3.8, 4) is 5.75 Å². The van der Waals surface area contributed by atoms with E-state index in [0.29, 0.717) is 16.6 Å². The van der Waals surface area contributed by atoms with Crippen LogP contribution in [0.15, 0.2) is 72.8 Å². The molecule has 0 aromatic heterocycles. The molecule has 0 saturated carbocycles. The van der Waals surface area contributed by atoms with Crippen molar-refractivity contribution in [2.75, 3.05) is 5.32 Å². The second kappa shape index (κ2) is 7.76. The standard InChI is InChI=1S/C26H24N2O3/c1-26(2,3)28-24(30)18-12-11-17-15-23(29)21(14-19(17)13-18)25(31)27-22-10-6-8-16-7-4-5-9-20(16)22/h4-15,29H,1-3H3,(H,27,31)(H,28,30). The van der Waals surface area contributed by atoms with Gasteiger partial charge in [0.25, 0.3) is 11.8 Å². The maximum atomic E-state index is 13.0. The van der Waals surface area contributed by atoms with Crippen molar-refractivity contribution in [3.63, 3.8) is 0 Å². The van der Waals surface area contributed by atoms with Crippen LogP contribution in [-0.2, 0) is 0 Å². The lowest BCUT2D eigenvalue weighted by Crippen LogP contribution is -2.40. The summed E-state index contributed by atoms with van der Waals surface area (Å²) in [5.74, 6) is -0.721. The topological polar surface area (TPSA) is 78.4 Å². The van der Waals surface area contributed by atoms with E-state index in [4.69, 9.17) is 0 Å². The van der Waals surface area contributed by atoms with E-state index >= 15 is 0 Å². The van der Waals surface area contributed by atoms with Gasteiger partial charge < -0.3 is 15.7 Å². The summed E-state index contributed by atoms with van der Waals surface area (Å²) in [6, 6.07) is 21.8. The Balaban J connectivity index is 1.68. The molecule has 0 heterocycles. The Kier molecular flexibility index (Phi) is 5.11. The second-order valence-electron chi connectivity index (χ2n) is 8.62. The molecule has 0 fully saturated rings. The van der Waals surface area contributed by atoms with Gasteiger partial charge in [-0.2, -0.15) is 0 Å². The first-order valence-corrected chi connectivity index (χ1v) is 10.1. The van der Waals surface area contributed by atoms with E-state index in [1.54, 1.807) is 30.3 Å². The predicted octanol–water partition coefficient (Wildman–Crippen LogP) is 5.48. The zero-order valence-corrected chi connectivity index (χ0v) is 17.7. The number of amides is 2. The molecule has 5 heteroatoms. The van der Waals surface area contributed by atoms with Crippen LogP contribution in [0.2, 0.25) is 0 Å². The van der Waals surface area contributed by atoms with Gasteiger partial charge in [-0.1, -0.05) is 42.5 Å². The molecule has 4 aromatic rings. The highest BCUT2D eigenvalue weighted by Gasteiger charge is 2.17. The number of carbonyl (C=O) groups is 2. The second-order valence-corrected chi connectivity index (χ2v) is 8.62. The van der Waals surface area contributed by atoms with E-state index in [2.05, 4.69) is 10.6 Å². The van der Waals surface area contributed by atoms with Gasteiger partial charge in [0.05, 0.1) is 5.56 Å². The smallest absolute Gasteiger partial charge is 0.259 e. The van der Waals surface area contributed by atoms with Crippen molar-refractivity contribution >= 4 is 39.0 Å². The summed E-state index contributed by atoms with van der Waals surface area (Å²) >= 11 is 0. The van der Waals surface area contributed by atoms with Crippen LogP contribution < -0.4 is 10.6 Å². The summed E-state index contributed by atoms with van der Waals surface area (Å²) in [7, 11) is 0. The fourth-order valence-electron chi connectivity index (χ4n) is 3.55. The van der Waals surface area contributed by atoms with Gasteiger partial charge in [0.15, 0.2) is 0 Å². The van der Waals surface area contributed by atoms with Crippen molar-refractivity contribution in [2.24, 2.45) is 0 Å². The molecule has 0 spiro atoms. The van der Waals surface area contributed by atoms with Gasteiger partial charge in [-0.25, -0.2) is 0 Å². The normalized spacial score (nSPS) is 11.5. The Labute approximate surface area is 180 Å². The van der Waals surface area contributed by atoms with Crippen molar-refractivity contribution in [3.05, 3.63) is 83.9 Å². The van der Waals surface area contributed by atoms with Crippen LogP contribution in [0.3, 0.4) is 0 Å². The summed E-state index contributed by atoms with van der Waals surface area (Å²) in [6.07, 6.45) is 0. The fraction of sp³-hybridized carbons (Fsp3) is 0.154. The summed E-state index contributed by atoms with van der Waals surface area (Å²) in [4.78, 5) is 25.5. The number of anilines is 1. The molecule has 5 nitrogen and oxygen atoms in total. The van der Waals surface area contributed by atoms with Gasteiger partial charge in [0.1, 0.15) is 5.75 Å². The van der Waals surface area contributed by atoms with Crippen LogP contribution in [0.1, 0.15) is 41.5 Å². The minimum Gasteiger partial charge on any atom is -0.507 e. The van der Waals surface area contributed by atoms with Crippen LogP contribution in [0.5, 0.6) is 5.75 Å². The van der Waals surface area contributed by atoms with Crippen LogP contribution in [0.25, 0.3) is 21.5 Å². The van der Waals surface area contributed by atoms with Gasteiger partial charge in [0, 0.05) is 22.2 Å². The molecule has 0 atom stereocenters. The van der Waals surface area contributed by atoms with Crippen molar-refractivity contribution in [1.82, 2.24) is 5.32 Å². The van der Waals surface area contributed by atoms with Crippen molar-refractivity contribution in [2.45, 2.75) is 26.3 Å². The number of nitrogens with one attached hydrogen (secondary N) is 2. The molecule has 0 aliphatic carbocycles. The average Bonchev–Trinajstić information content (AvgIpc) is 2.72. The third kappa shape index (κ3) is 4.36. The average molecular weight is 412 g/mol. The highest BCUT2D eigenvalue weighted by molar-refractivity contribution is 6.12.